The molecule has 164 valence electrons. The highest BCUT2D eigenvalue weighted by Crippen LogP contribution is 2.37. The fraction of sp³-hybridized carbons (Fsp3) is 0.550. The van der Waals surface area contributed by atoms with Crippen LogP contribution in [-0.2, 0) is 16.1 Å². The van der Waals surface area contributed by atoms with Gasteiger partial charge in [0.25, 0.3) is 0 Å². The van der Waals surface area contributed by atoms with E-state index >= 15 is 0 Å². The van der Waals surface area contributed by atoms with E-state index in [1.165, 1.54) is 0 Å². The molecule has 0 aromatic heterocycles. The predicted octanol–water partition coefficient (Wildman–Crippen LogP) is -0.196. The Balaban J connectivity index is 2.04. The first-order valence-corrected chi connectivity index (χ1v) is 10.4. The van der Waals surface area contributed by atoms with Gasteiger partial charge in [0, 0.05) is 13.1 Å². The second-order valence-corrected chi connectivity index (χ2v) is 7.75. The monoisotopic (exact) mass is 417 g/mol. The second kappa shape index (κ2) is 11.6. The van der Waals surface area contributed by atoms with Crippen molar-refractivity contribution in [2.24, 2.45) is 21.9 Å². The number of rotatable bonds is 10. The minimum absolute atomic E-state index is 0.0450. The zero-order valence-corrected chi connectivity index (χ0v) is 17.2. The van der Waals surface area contributed by atoms with Gasteiger partial charge in [0.2, 0.25) is 11.8 Å². The number of carbonyl (C=O) groups excluding carboxylic acids is 2. The Bertz CT molecular complexity index is 719. The maximum absolute atomic E-state index is 13.2. The lowest BCUT2D eigenvalue weighted by Gasteiger charge is -2.35. The normalized spacial score (nSPS) is 16.2. The van der Waals surface area contributed by atoms with Crippen LogP contribution in [0.15, 0.2) is 35.3 Å². The van der Waals surface area contributed by atoms with E-state index in [9.17, 15) is 19.6 Å². The molecule has 1 fully saturated rings. The van der Waals surface area contributed by atoms with Gasteiger partial charge in [-0.3, -0.25) is 14.6 Å². The molecule has 0 bridgehead atoms. The lowest BCUT2D eigenvalue weighted by Crippen LogP contribution is -2.57. The van der Waals surface area contributed by atoms with Crippen LogP contribution in [0.1, 0.15) is 50.5 Å². The molecular weight excluding hydrogens is 385 g/mol. The molecule has 0 radical (unpaired) electrons. The highest BCUT2D eigenvalue weighted by atomic mass is 16.4. The van der Waals surface area contributed by atoms with Gasteiger partial charge < -0.3 is 32.1 Å². The molecule has 0 spiro atoms. The molecule has 2 rings (SSSR count). The topological polar surface area (TPSA) is 163 Å². The Morgan fingerprint density at radius 1 is 1.10 bits per heavy atom. The molecule has 1 aromatic rings. The standard InChI is InChI=1S/C20H32BN5O4/c22-19(23)24-13-7-10-16(21(29)30)26-18(28)20(11-5-2-6-12-20)17(27)25-14-15-8-3-1-4-9-15/h1,3-4,8-9,16,29-30H,2,5-7,10-14H2,(H,25,27)(H,26,28)(H4,22,23,24)/t16-/m0/s1. The quantitative estimate of drug-likeness (QED) is 0.102. The molecule has 9 nitrogen and oxygen atoms in total. The van der Waals surface area contributed by atoms with Crippen molar-refractivity contribution in [3.05, 3.63) is 35.9 Å². The number of carbonyl (C=O) groups is 2. The SMILES string of the molecule is NC(N)=NCCC[C@H](NC(=O)C1(C(=O)NCc2ccccc2)CCCCC1)B(O)O. The average molecular weight is 417 g/mol. The minimum Gasteiger partial charge on any atom is -0.426 e. The van der Waals surface area contributed by atoms with E-state index < -0.39 is 24.4 Å². The molecule has 1 saturated carbocycles. The number of nitrogens with one attached hydrogen (secondary N) is 2. The van der Waals surface area contributed by atoms with Gasteiger partial charge in [-0.1, -0.05) is 49.6 Å². The maximum atomic E-state index is 13.2. The largest absolute Gasteiger partial charge is 0.475 e. The molecule has 30 heavy (non-hydrogen) atoms. The number of nitrogens with two attached hydrogens (primary N) is 2. The highest BCUT2D eigenvalue weighted by Gasteiger charge is 2.47. The van der Waals surface area contributed by atoms with Gasteiger partial charge in [0.1, 0.15) is 5.41 Å². The Kier molecular flexibility index (Phi) is 9.13. The Morgan fingerprint density at radius 3 is 2.37 bits per heavy atom. The van der Waals surface area contributed by atoms with Crippen molar-refractivity contribution in [1.82, 2.24) is 10.6 Å². The van der Waals surface area contributed by atoms with Crippen LogP contribution in [0.3, 0.4) is 0 Å². The van der Waals surface area contributed by atoms with Crippen molar-refractivity contribution in [2.45, 2.75) is 57.4 Å². The lowest BCUT2D eigenvalue weighted by atomic mass is 9.70. The van der Waals surface area contributed by atoms with Crippen molar-refractivity contribution in [3.8, 4) is 0 Å². The van der Waals surface area contributed by atoms with Crippen molar-refractivity contribution in [1.29, 1.82) is 0 Å². The fourth-order valence-electron chi connectivity index (χ4n) is 3.78. The van der Waals surface area contributed by atoms with Gasteiger partial charge in [-0.2, -0.15) is 0 Å². The molecule has 2 amide bonds. The van der Waals surface area contributed by atoms with Gasteiger partial charge in [-0.05, 0) is 31.2 Å². The van der Waals surface area contributed by atoms with Crippen LogP contribution in [0.5, 0.6) is 0 Å². The number of guanidine groups is 1. The smallest absolute Gasteiger partial charge is 0.426 e. The van der Waals surface area contributed by atoms with Gasteiger partial charge >= 0.3 is 7.12 Å². The van der Waals surface area contributed by atoms with Gasteiger partial charge in [-0.15, -0.1) is 0 Å². The molecule has 10 heteroatoms. The van der Waals surface area contributed by atoms with Crippen LogP contribution in [0, 0.1) is 5.41 Å². The van der Waals surface area contributed by atoms with Gasteiger partial charge in [0.05, 0.1) is 5.94 Å². The summed E-state index contributed by atoms with van der Waals surface area (Å²) in [5.74, 6) is -1.74. The van der Waals surface area contributed by atoms with Crippen molar-refractivity contribution in [3.63, 3.8) is 0 Å². The van der Waals surface area contributed by atoms with Gasteiger partial charge in [-0.25, -0.2) is 0 Å². The summed E-state index contributed by atoms with van der Waals surface area (Å²) >= 11 is 0. The van der Waals surface area contributed by atoms with E-state index in [2.05, 4.69) is 15.6 Å². The van der Waals surface area contributed by atoms with Crippen LogP contribution in [0.4, 0.5) is 0 Å². The summed E-state index contributed by atoms with van der Waals surface area (Å²) in [4.78, 5) is 30.1. The zero-order chi connectivity index (χ0) is 22.0. The molecule has 0 saturated heterocycles. The average Bonchev–Trinajstić information content (AvgIpc) is 2.74. The number of hydrogen-bond donors (Lipinski definition) is 6. The van der Waals surface area contributed by atoms with Crippen LogP contribution in [-0.4, -0.2) is 47.4 Å². The van der Waals surface area contributed by atoms with E-state index in [1.807, 2.05) is 30.3 Å². The van der Waals surface area contributed by atoms with Crippen LogP contribution in [0.25, 0.3) is 0 Å². The summed E-state index contributed by atoms with van der Waals surface area (Å²) in [6, 6.07) is 9.49. The molecule has 0 heterocycles. The number of hydrogen-bond acceptors (Lipinski definition) is 5. The van der Waals surface area contributed by atoms with E-state index in [0.717, 1.165) is 24.8 Å². The summed E-state index contributed by atoms with van der Waals surface area (Å²) in [7, 11) is -1.75. The number of amides is 2. The predicted molar refractivity (Wildman–Crippen MR) is 116 cm³/mol. The molecular formula is C20H32BN5O4. The molecule has 1 aliphatic rings. The first-order valence-electron chi connectivity index (χ1n) is 10.4. The molecule has 1 aliphatic carbocycles. The summed E-state index contributed by atoms with van der Waals surface area (Å²) in [6.07, 6.45) is 4.08. The van der Waals surface area contributed by atoms with Crippen molar-refractivity contribution < 1.29 is 19.6 Å². The van der Waals surface area contributed by atoms with E-state index in [1.54, 1.807) is 0 Å². The Labute approximate surface area is 177 Å². The third-order valence-corrected chi connectivity index (χ3v) is 5.52. The Hall–Kier alpha value is -2.59. The van der Waals surface area contributed by atoms with E-state index in [4.69, 9.17) is 11.5 Å². The number of benzene rings is 1. The Morgan fingerprint density at radius 2 is 1.77 bits per heavy atom. The minimum atomic E-state index is -1.75. The number of aliphatic imine (C=N–C) groups is 1. The second-order valence-electron chi connectivity index (χ2n) is 7.75. The van der Waals surface area contributed by atoms with Crippen molar-refractivity contribution >= 4 is 24.9 Å². The summed E-state index contributed by atoms with van der Waals surface area (Å²) in [5, 5.41) is 25.0. The molecule has 1 aromatic carbocycles. The third-order valence-electron chi connectivity index (χ3n) is 5.52. The molecule has 0 unspecified atom stereocenters. The highest BCUT2D eigenvalue weighted by molar-refractivity contribution is 6.43. The first kappa shape index (κ1) is 23.7. The zero-order valence-electron chi connectivity index (χ0n) is 17.2. The molecule has 0 aliphatic heterocycles. The fourth-order valence-corrected chi connectivity index (χ4v) is 3.78. The third kappa shape index (κ3) is 6.74. The molecule has 1 atom stereocenters. The van der Waals surface area contributed by atoms with Crippen molar-refractivity contribution in [2.75, 3.05) is 6.54 Å². The summed E-state index contributed by atoms with van der Waals surface area (Å²) in [5.41, 5.74) is 10.3. The van der Waals surface area contributed by atoms with Crippen LogP contribution in [0.2, 0.25) is 0 Å². The first-order chi connectivity index (χ1) is 14.3. The number of nitrogens with zero attached hydrogens (tertiary/aromatic N) is 1. The lowest BCUT2D eigenvalue weighted by molar-refractivity contribution is -0.146. The van der Waals surface area contributed by atoms with Crippen LogP contribution < -0.4 is 22.1 Å². The van der Waals surface area contributed by atoms with Crippen LogP contribution >= 0.6 is 0 Å². The van der Waals surface area contributed by atoms with E-state index in [-0.39, 0.29) is 18.3 Å². The summed E-state index contributed by atoms with van der Waals surface area (Å²) in [6.45, 7) is 0.642. The summed E-state index contributed by atoms with van der Waals surface area (Å²) < 4.78 is 0. The molecule has 8 N–H and O–H groups in total. The van der Waals surface area contributed by atoms with Gasteiger partial charge in [0.15, 0.2) is 5.96 Å². The maximum Gasteiger partial charge on any atom is 0.475 e. The van der Waals surface area contributed by atoms with E-state index in [0.29, 0.717) is 32.4 Å².